The van der Waals surface area contributed by atoms with Gasteiger partial charge in [-0.2, -0.15) is 15.8 Å². The monoisotopic (exact) mass is 534 g/mol. The van der Waals surface area contributed by atoms with Gasteiger partial charge in [0.25, 0.3) is 0 Å². The minimum atomic E-state index is 0.389. The first-order valence-corrected chi connectivity index (χ1v) is 13.2. The van der Waals surface area contributed by atoms with Crippen LogP contribution in [0.1, 0.15) is 16.7 Å². The van der Waals surface area contributed by atoms with E-state index in [2.05, 4.69) is 18.2 Å². The molecule has 6 heteroatoms. The number of benzene rings is 5. The topological polar surface area (TPSA) is 110 Å². The number of aromatic nitrogens is 3. The van der Waals surface area contributed by atoms with Crippen LogP contribution in [0, 0.1) is 34.0 Å². The number of fused-ring (bicyclic) bond motifs is 5. The molecule has 0 bridgehead atoms. The molecule has 0 N–H and O–H groups in total. The molecule has 192 valence electrons. The number of nitrogens with zero attached hydrogens (tertiary/aromatic N) is 6. The van der Waals surface area contributed by atoms with Crippen molar-refractivity contribution in [3.63, 3.8) is 0 Å². The van der Waals surface area contributed by atoms with Crippen LogP contribution in [0.15, 0.2) is 109 Å². The minimum absolute atomic E-state index is 0.389. The molecular weight excluding hydrogens is 516 g/mol. The van der Waals surface area contributed by atoms with E-state index in [0.29, 0.717) is 39.1 Å². The molecule has 0 saturated carbocycles. The van der Waals surface area contributed by atoms with Crippen LogP contribution in [0.4, 0.5) is 0 Å². The highest BCUT2D eigenvalue weighted by atomic mass is 14.8. The molecule has 0 saturated heterocycles. The third kappa shape index (κ3) is 3.98. The maximum absolute atomic E-state index is 10.3. The standard InChI is InChI=1S/C36H18N6/c37-19-22-10-14-25(15-11-22)33-34(26-16-12-23(20-38)13-17-26)42-36-31-28-8-4-5-9-30(28)40-32(24-6-2-1-3-7-24)29(31)18-27(21-39)35(36)41-33/h1-18H. The van der Waals surface area contributed by atoms with Gasteiger partial charge in [-0.05, 0) is 36.4 Å². The normalized spacial score (nSPS) is 10.8. The average molecular weight is 535 g/mol. The quantitative estimate of drug-likeness (QED) is 0.213. The van der Waals surface area contributed by atoms with Crippen molar-refractivity contribution in [2.45, 2.75) is 0 Å². The Morgan fingerprint density at radius 2 is 1.00 bits per heavy atom. The second kappa shape index (κ2) is 9.96. The summed E-state index contributed by atoms with van der Waals surface area (Å²) >= 11 is 0. The Kier molecular flexibility index (Phi) is 5.83. The fourth-order valence-corrected chi connectivity index (χ4v) is 5.34. The molecule has 0 amide bonds. The van der Waals surface area contributed by atoms with Crippen LogP contribution < -0.4 is 0 Å². The minimum Gasteiger partial charge on any atom is -0.247 e. The molecule has 6 nitrogen and oxygen atoms in total. The van der Waals surface area contributed by atoms with E-state index >= 15 is 0 Å². The van der Waals surface area contributed by atoms with Gasteiger partial charge in [-0.15, -0.1) is 0 Å². The number of rotatable bonds is 3. The van der Waals surface area contributed by atoms with Gasteiger partial charge >= 0.3 is 0 Å². The summed E-state index contributed by atoms with van der Waals surface area (Å²) in [6.45, 7) is 0. The van der Waals surface area contributed by atoms with Gasteiger partial charge in [-0.25, -0.2) is 15.0 Å². The Labute approximate surface area is 241 Å². The zero-order valence-electron chi connectivity index (χ0n) is 22.1. The van der Waals surface area contributed by atoms with Crippen LogP contribution >= 0.6 is 0 Å². The zero-order chi connectivity index (χ0) is 28.6. The lowest BCUT2D eigenvalue weighted by atomic mass is 9.95. The van der Waals surface area contributed by atoms with Crippen molar-refractivity contribution < 1.29 is 0 Å². The molecule has 0 unspecified atom stereocenters. The Bertz CT molecular complexity index is 2300. The van der Waals surface area contributed by atoms with Gasteiger partial charge in [0, 0.05) is 32.8 Å². The highest BCUT2D eigenvalue weighted by molar-refractivity contribution is 6.22. The highest BCUT2D eigenvalue weighted by Crippen LogP contribution is 2.40. The summed E-state index contributed by atoms with van der Waals surface area (Å²) < 4.78 is 0. The van der Waals surface area contributed by atoms with Crippen molar-refractivity contribution in [2.75, 3.05) is 0 Å². The van der Waals surface area contributed by atoms with Crippen LogP contribution in [0.5, 0.6) is 0 Å². The first-order valence-electron chi connectivity index (χ1n) is 13.2. The summed E-state index contributed by atoms with van der Waals surface area (Å²) in [6.07, 6.45) is 0. The van der Waals surface area contributed by atoms with Crippen molar-refractivity contribution >= 4 is 32.7 Å². The van der Waals surface area contributed by atoms with Gasteiger partial charge in [-0.1, -0.05) is 72.8 Å². The molecule has 0 aliphatic rings. The highest BCUT2D eigenvalue weighted by Gasteiger charge is 2.21. The molecular formula is C36H18N6. The molecule has 7 aromatic rings. The van der Waals surface area contributed by atoms with Crippen molar-refractivity contribution in [2.24, 2.45) is 0 Å². The number of para-hydroxylation sites is 1. The SMILES string of the molecule is N#Cc1ccc(-c2nc3c(C#N)cc4c(-c5ccccc5)nc5ccccc5c4c3nc2-c2ccc(C#N)cc2)cc1. The van der Waals surface area contributed by atoms with Crippen LogP contribution in [-0.2, 0) is 0 Å². The maximum Gasteiger partial charge on any atom is 0.108 e. The number of nitriles is 3. The van der Waals surface area contributed by atoms with Crippen molar-refractivity contribution in [1.29, 1.82) is 15.8 Å². The van der Waals surface area contributed by atoms with E-state index < -0.39 is 0 Å². The van der Waals surface area contributed by atoms with Crippen molar-refractivity contribution in [3.8, 4) is 52.0 Å². The van der Waals surface area contributed by atoms with Crippen LogP contribution in [0.3, 0.4) is 0 Å². The molecule has 0 radical (unpaired) electrons. The summed E-state index contributed by atoms with van der Waals surface area (Å²) in [6, 6.07) is 40.7. The molecule has 2 heterocycles. The largest absolute Gasteiger partial charge is 0.247 e. The third-order valence-corrected chi connectivity index (χ3v) is 7.35. The van der Waals surface area contributed by atoms with E-state index in [-0.39, 0.29) is 0 Å². The van der Waals surface area contributed by atoms with Gasteiger partial charge in [0.1, 0.15) is 11.6 Å². The summed E-state index contributed by atoms with van der Waals surface area (Å²) in [5.41, 5.74) is 7.77. The molecule has 42 heavy (non-hydrogen) atoms. The summed E-state index contributed by atoms with van der Waals surface area (Å²) in [5, 5.41) is 31.6. The molecule has 0 fully saturated rings. The number of pyridine rings is 1. The summed E-state index contributed by atoms with van der Waals surface area (Å²) in [7, 11) is 0. The fraction of sp³-hybridized carbons (Fsp3) is 0. The van der Waals surface area contributed by atoms with Crippen molar-refractivity contribution in [1.82, 2.24) is 15.0 Å². The van der Waals surface area contributed by atoms with E-state index in [1.165, 1.54) is 0 Å². The second-order valence-corrected chi connectivity index (χ2v) is 9.80. The van der Waals surface area contributed by atoms with Gasteiger partial charge in [0.2, 0.25) is 0 Å². The van der Waals surface area contributed by atoms with E-state index in [1.807, 2.05) is 84.9 Å². The molecule has 0 aliphatic heterocycles. The van der Waals surface area contributed by atoms with E-state index in [0.717, 1.165) is 44.1 Å². The third-order valence-electron chi connectivity index (χ3n) is 7.35. The van der Waals surface area contributed by atoms with Gasteiger partial charge in [-0.3, -0.25) is 0 Å². The number of hydrogen-bond donors (Lipinski definition) is 0. The van der Waals surface area contributed by atoms with E-state index in [4.69, 9.17) is 15.0 Å². The lowest BCUT2D eigenvalue weighted by Gasteiger charge is -2.16. The lowest BCUT2D eigenvalue weighted by molar-refractivity contribution is 1.29. The molecule has 0 atom stereocenters. The Morgan fingerprint density at radius 1 is 0.452 bits per heavy atom. The van der Waals surface area contributed by atoms with Crippen LogP contribution in [-0.4, -0.2) is 15.0 Å². The van der Waals surface area contributed by atoms with Gasteiger partial charge in [0.05, 0.1) is 56.9 Å². The average Bonchev–Trinajstić information content (AvgIpc) is 3.07. The lowest BCUT2D eigenvalue weighted by Crippen LogP contribution is -2.00. The molecule has 2 aromatic heterocycles. The predicted molar refractivity (Wildman–Crippen MR) is 163 cm³/mol. The van der Waals surface area contributed by atoms with E-state index in [1.54, 1.807) is 24.3 Å². The summed E-state index contributed by atoms with van der Waals surface area (Å²) in [4.78, 5) is 15.4. The second-order valence-electron chi connectivity index (χ2n) is 9.80. The summed E-state index contributed by atoms with van der Waals surface area (Å²) in [5.74, 6) is 0. The Morgan fingerprint density at radius 3 is 1.60 bits per heavy atom. The molecule has 7 rings (SSSR count). The van der Waals surface area contributed by atoms with Gasteiger partial charge < -0.3 is 0 Å². The Balaban J connectivity index is 1.66. The first kappa shape index (κ1) is 24.6. The number of hydrogen-bond acceptors (Lipinski definition) is 6. The van der Waals surface area contributed by atoms with E-state index in [9.17, 15) is 15.8 Å². The maximum atomic E-state index is 10.3. The molecule has 5 aromatic carbocycles. The van der Waals surface area contributed by atoms with Crippen molar-refractivity contribution in [3.05, 3.63) is 126 Å². The smallest absolute Gasteiger partial charge is 0.108 e. The van der Waals surface area contributed by atoms with Crippen LogP contribution in [0.2, 0.25) is 0 Å². The zero-order valence-corrected chi connectivity index (χ0v) is 22.1. The van der Waals surface area contributed by atoms with Crippen LogP contribution in [0.25, 0.3) is 66.5 Å². The molecule has 0 spiro atoms. The first-order chi connectivity index (χ1) is 20.7. The molecule has 0 aliphatic carbocycles. The fourth-order valence-electron chi connectivity index (χ4n) is 5.34. The van der Waals surface area contributed by atoms with Gasteiger partial charge in [0.15, 0.2) is 0 Å². The Hall–Kier alpha value is -6.42. The predicted octanol–water partition coefficient (Wildman–Crippen LogP) is 7.95.